The molecule has 163 valence electrons. The number of carbonyl (C=O) groups is 1. The van der Waals surface area contributed by atoms with E-state index in [4.69, 9.17) is 5.73 Å². The summed E-state index contributed by atoms with van der Waals surface area (Å²) in [5, 5.41) is 3.54. The van der Waals surface area contributed by atoms with Gasteiger partial charge in [-0.05, 0) is 70.8 Å². The van der Waals surface area contributed by atoms with E-state index in [9.17, 15) is 9.59 Å². The van der Waals surface area contributed by atoms with Gasteiger partial charge < -0.3 is 11.1 Å². The maximum atomic E-state index is 12.5. The number of nitrogens with one attached hydrogen (secondary N) is 1. The molecular weight excluding hydrogens is 396 g/mol. The highest BCUT2D eigenvalue weighted by molar-refractivity contribution is 5.90. The number of carbonyl (C=O) groups excluding carboxylic acids is 2. The van der Waals surface area contributed by atoms with Crippen LogP contribution in [-0.2, 0) is 20.4 Å². The van der Waals surface area contributed by atoms with Crippen LogP contribution in [0.25, 0.3) is 11.1 Å². The Balaban J connectivity index is 1.70. The maximum Gasteiger partial charge on any atom is 0.233 e. The fraction of sp³-hybridized carbons (Fsp3) is 0.286. The van der Waals surface area contributed by atoms with Crippen LogP contribution in [0.5, 0.6) is 0 Å². The Hall–Kier alpha value is -3.40. The first-order chi connectivity index (χ1) is 15.1. The molecule has 4 nitrogen and oxygen atoms in total. The van der Waals surface area contributed by atoms with E-state index in [0.29, 0.717) is 12.0 Å². The van der Waals surface area contributed by atoms with E-state index in [1.807, 2.05) is 25.3 Å². The lowest BCUT2D eigenvalue weighted by Gasteiger charge is -2.39. The second-order valence-electron chi connectivity index (χ2n) is 9.91. The van der Waals surface area contributed by atoms with E-state index < -0.39 is 11.3 Å². The minimum absolute atomic E-state index is 0.0835. The zero-order chi connectivity index (χ0) is 23.1. The Morgan fingerprint density at radius 2 is 1.75 bits per heavy atom. The van der Waals surface area contributed by atoms with Crippen molar-refractivity contribution in [2.75, 3.05) is 5.32 Å². The molecule has 1 aliphatic rings. The quantitative estimate of drug-likeness (QED) is 0.587. The molecule has 0 aromatic heterocycles. The molecule has 1 amide bonds. The molecule has 4 heteroatoms. The number of nitrogens with two attached hydrogens (primary N) is 1. The molecule has 1 radical (unpaired) electrons. The van der Waals surface area contributed by atoms with Gasteiger partial charge in [-0.15, -0.1) is 0 Å². The van der Waals surface area contributed by atoms with Crippen molar-refractivity contribution in [2.45, 2.75) is 51.0 Å². The highest BCUT2D eigenvalue weighted by atomic mass is 16.1. The van der Waals surface area contributed by atoms with Crippen molar-refractivity contribution in [3.63, 3.8) is 0 Å². The molecule has 1 heterocycles. The first kappa shape index (κ1) is 21.8. The molecule has 0 spiro atoms. The van der Waals surface area contributed by atoms with Crippen molar-refractivity contribution in [1.29, 1.82) is 0 Å². The van der Waals surface area contributed by atoms with Gasteiger partial charge >= 0.3 is 0 Å². The summed E-state index contributed by atoms with van der Waals surface area (Å²) in [6.45, 7) is 8.48. The third-order valence-electron chi connectivity index (χ3n) is 6.59. The lowest BCUT2D eigenvalue weighted by atomic mass is 9.71. The molecule has 0 aliphatic carbocycles. The van der Waals surface area contributed by atoms with Crippen LogP contribution in [0, 0.1) is 0 Å². The summed E-state index contributed by atoms with van der Waals surface area (Å²) in [6.07, 6.45) is 2.41. The molecular formula is C28H29N2O2. The van der Waals surface area contributed by atoms with E-state index in [-0.39, 0.29) is 11.5 Å². The van der Waals surface area contributed by atoms with Crippen molar-refractivity contribution in [1.82, 2.24) is 0 Å². The molecule has 3 aromatic rings. The van der Waals surface area contributed by atoms with Crippen molar-refractivity contribution < 1.29 is 9.59 Å². The average molecular weight is 426 g/mol. The summed E-state index contributed by atoms with van der Waals surface area (Å²) in [5.41, 5.74) is 11.7. The summed E-state index contributed by atoms with van der Waals surface area (Å²) in [5.74, 6) is -0.401. The average Bonchev–Trinajstić information content (AvgIpc) is 2.78. The van der Waals surface area contributed by atoms with Crippen LogP contribution in [0.3, 0.4) is 0 Å². The van der Waals surface area contributed by atoms with E-state index >= 15 is 0 Å². The van der Waals surface area contributed by atoms with Crippen LogP contribution in [0.2, 0.25) is 0 Å². The van der Waals surface area contributed by atoms with Gasteiger partial charge in [0.2, 0.25) is 12.2 Å². The van der Waals surface area contributed by atoms with E-state index in [2.05, 4.69) is 68.6 Å². The second-order valence-corrected chi connectivity index (χ2v) is 9.91. The smallest absolute Gasteiger partial charge is 0.233 e. The Labute approximate surface area is 189 Å². The third-order valence-corrected chi connectivity index (χ3v) is 6.59. The highest BCUT2D eigenvalue weighted by Crippen LogP contribution is 2.45. The molecule has 32 heavy (non-hydrogen) atoms. The minimum atomic E-state index is -0.886. The highest BCUT2D eigenvalue weighted by Gasteiger charge is 2.42. The third kappa shape index (κ3) is 3.93. The number of fused-ring (bicyclic) bond motifs is 1. The van der Waals surface area contributed by atoms with Crippen LogP contribution >= 0.6 is 0 Å². The Bertz CT molecular complexity index is 1170. The van der Waals surface area contributed by atoms with Crippen LogP contribution < -0.4 is 11.1 Å². The van der Waals surface area contributed by atoms with Gasteiger partial charge in [-0.3, -0.25) is 9.59 Å². The first-order valence-corrected chi connectivity index (χ1v) is 10.9. The number of rotatable bonds is 4. The molecule has 0 fully saturated rings. The molecule has 2 unspecified atom stereocenters. The largest absolute Gasteiger partial charge is 0.378 e. The maximum absolute atomic E-state index is 12.5. The Kier molecular flexibility index (Phi) is 5.41. The molecule has 4 rings (SSSR count). The lowest BCUT2D eigenvalue weighted by molar-refractivity contribution is -0.123. The van der Waals surface area contributed by atoms with E-state index in [1.165, 1.54) is 5.56 Å². The van der Waals surface area contributed by atoms with Gasteiger partial charge in [0.15, 0.2) is 0 Å². The second kappa shape index (κ2) is 7.94. The summed E-state index contributed by atoms with van der Waals surface area (Å²) in [7, 11) is 0. The summed E-state index contributed by atoms with van der Waals surface area (Å²) >= 11 is 0. The zero-order valence-corrected chi connectivity index (χ0v) is 19.0. The van der Waals surface area contributed by atoms with Gasteiger partial charge in [-0.2, -0.15) is 0 Å². The molecule has 3 N–H and O–H groups in total. The topological polar surface area (TPSA) is 72.2 Å². The van der Waals surface area contributed by atoms with Crippen molar-refractivity contribution in [2.24, 2.45) is 5.73 Å². The van der Waals surface area contributed by atoms with Gasteiger partial charge in [0.05, 0.1) is 11.5 Å². The monoisotopic (exact) mass is 425 g/mol. The van der Waals surface area contributed by atoms with Crippen molar-refractivity contribution in [3.8, 4) is 11.1 Å². The predicted octanol–water partition coefficient (Wildman–Crippen LogP) is 5.41. The molecule has 3 aromatic carbocycles. The SMILES string of the molecule is CC(C)(C)c1ccc(-c2cccc(C3CC(C)(C(N)=O)c4cc([C]=O)ccc4N3)c2)cc1. The Morgan fingerprint density at radius 1 is 1.03 bits per heavy atom. The van der Waals surface area contributed by atoms with Gasteiger partial charge in [-0.25, -0.2) is 0 Å². The number of hydrogen-bond donors (Lipinski definition) is 2. The standard InChI is InChI=1S/C28H29N2O2/c1-27(2,3)22-11-9-19(10-12-22)20-6-5-7-21(15-20)25-16-28(4,26(29)32)23-14-18(17-31)8-13-24(23)30-25/h5-15,25,30H,16H2,1-4H3,(H2,29,32). The summed E-state index contributed by atoms with van der Waals surface area (Å²) in [6, 6.07) is 22.2. The predicted molar refractivity (Wildman–Crippen MR) is 129 cm³/mol. The zero-order valence-electron chi connectivity index (χ0n) is 19.0. The molecule has 1 aliphatic heterocycles. The molecule has 2 atom stereocenters. The molecule has 0 saturated heterocycles. The van der Waals surface area contributed by atoms with Crippen molar-refractivity contribution >= 4 is 17.9 Å². The van der Waals surface area contributed by atoms with Gasteiger partial charge in [0.1, 0.15) is 0 Å². The number of benzene rings is 3. The molecule has 0 bridgehead atoms. The van der Waals surface area contributed by atoms with Crippen molar-refractivity contribution in [3.05, 3.63) is 89.0 Å². The van der Waals surface area contributed by atoms with E-state index in [1.54, 1.807) is 12.1 Å². The lowest BCUT2D eigenvalue weighted by Crippen LogP contribution is -2.44. The van der Waals surface area contributed by atoms with Gasteiger partial charge in [0, 0.05) is 11.3 Å². The first-order valence-electron chi connectivity index (χ1n) is 10.9. The van der Waals surface area contributed by atoms with E-state index in [0.717, 1.165) is 27.9 Å². The number of amides is 1. The van der Waals surface area contributed by atoms with Crippen LogP contribution in [0.4, 0.5) is 5.69 Å². The normalized spacial score (nSPS) is 20.2. The summed E-state index contributed by atoms with van der Waals surface area (Å²) in [4.78, 5) is 23.7. The van der Waals surface area contributed by atoms with Crippen LogP contribution in [-0.4, -0.2) is 12.2 Å². The fourth-order valence-corrected chi connectivity index (χ4v) is 4.48. The number of hydrogen-bond acceptors (Lipinski definition) is 3. The minimum Gasteiger partial charge on any atom is -0.378 e. The van der Waals surface area contributed by atoms with Crippen LogP contribution in [0.1, 0.15) is 62.4 Å². The van der Waals surface area contributed by atoms with Crippen LogP contribution in [0.15, 0.2) is 66.7 Å². The number of primary amides is 1. The summed E-state index contributed by atoms with van der Waals surface area (Å²) < 4.78 is 0. The molecule has 0 saturated carbocycles. The fourth-order valence-electron chi connectivity index (χ4n) is 4.48. The van der Waals surface area contributed by atoms with Gasteiger partial charge in [-0.1, -0.05) is 63.2 Å². The van der Waals surface area contributed by atoms with Gasteiger partial charge in [0.25, 0.3) is 0 Å². The number of anilines is 1. The Morgan fingerprint density at radius 3 is 2.38 bits per heavy atom.